The number of nitrogens with zero attached hydrogens (tertiary/aromatic N) is 4. The van der Waals surface area contributed by atoms with Gasteiger partial charge in [0.2, 0.25) is 0 Å². The van der Waals surface area contributed by atoms with Gasteiger partial charge in [-0.25, -0.2) is 9.97 Å². The number of aromatic nitrogens is 3. The van der Waals surface area contributed by atoms with E-state index in [1.165, 1.54) is 12.8 Å². The molecule has 3 rings (SSSR count). The third-order valence-corrected chi connectivity index (χ3v) is 3.84. The zero-order valence-corrected chi connectivity index (χ0v) is 11.2. The van der Waals surface area contributed by atoms with E-state index in [2.05, 4.69) is 26.8 Å². The molecule has 5 nitrogen and oxygen atoms in total. The van der Waals surface area contributed by atoms with Gasteiger partial charge in [-0.15, -0.1) is 0 Å². The third-order valence-electron chi connectivity index (χ3n) is 3.84. The molecule has 0 spiro atoms. The van der Waals surface area contributed by atoms with E-state index in [0.717, 1.165) is 24.4 Å². The van der Waals surface area contributed by atoms with Crippen LogP contribution >= 0.6 is 0 Å². The largest absolute Gasteiger partial charge is 0.356 e. The number of hydrogen-bond donors (Lipinski definition) is 1. The van der Waals surface area contributed by atoms with Crippen LogP contribution in [0.15, 0.2) is 24.5 Å². The second-order valence-electron chi connectivity index (χ2n) is 5.28. The highest BCUT2D eigenvalue weighted by molar-refractivity contribution is 5.71. The molecule has 3 heterocycles. The van der Waals surface area contributed by atoms with Gasteiger partial charge in [-0.1, -0.05) is 0 Å². The van der Waals surface area contributed by atoms with Crippen LogP contribution < -0.4 is 10.6 Å². The van der Waals surface area contributed by atoms with Gasteiger partial charge in [-0.3, -0.25) is 4.98 Å². The summed E-state index contributed by atoms with van der Waals surface area (Å²) >= 11 is 0. The number of anilines is 1. The van der Waals surface area contributed by atoms with Gasteiger partial charge in [0.05, 0.1) is 0 Å². The monoisotopic (exact) mass is 257 g/mol. The van der Waals surface area contributed by atoms with Crippen molar-refractivity contribution in [2.75, 3.05) is 18.0 Å². The molecule has 100 valence electrons. The van der Waals surface area contributed by atoms with Crippen molar-refractivity contribution < 1.29 is 0 Å². The molecule has 0 saturated carbocycles. The lowest BCUT2D eigenvalue weighted by Crippen LogP contribution is -2.42. The summed E-state index contributed by atoms with van der Waals surface area (Å²) in [5.41, 5.74) is 7.58. The average molecular weight is 257 g/mol. The van der Waals surface area contributed by atoms with Crippen molar-refractivity contribution in [3.05, 3.63) is 24.5 Å². The molecule has 0 amide bonds. The van der Waals surface area contributed by atoms with Gasteiger partial charge in [0.1, 0.15) is 11.3 Å². The molecule has 2 aromatic rings. The summed E-state index contributed by atoms with van der Waals surface area (Å²) in [6.07, 6.45) is 5.75. The van der Waals surface area contributed by atoms with Gasteiger partial charge in [-0.2, -0.15) is 0 Å². The van der Waals surface area contributed by atoms with Gasteiger partial charge >= 0.3 is 0 Å². The van der Waals surface area contributed by atoms with Gasteiger partial charge < -0.3 is 10.6 Å². The molecule has 2 N–H and O–H groups in total. The first kappa shape index (κ1) is 12.3. The minimum Gasteiger partial charge on any atom is -0.356 e. The fraction of sp³-hybridized carbons (Fsp3) is 0.500. The Morgan fingerprint density at radius 2 is 2.16 bits per heavy atom. The van der Waals surface area contributed by atoms with Gasteiger partial charge in [-0.05, 0) is 37.8 Å². The molecule has 2 aromatic heterocycles. The molecule has 5 heteroatoms. The molecule has 2 unspecified atom stereocenters. The Balaban J connectivity index is 1.87. The van der Waals surface area contributed by atoms with Crippen molar-refractivity contribution in [3.63, 3.8) is 0 Å². The summed E-state index contributed by atoms with van der Waals surface area (Å²) in [4.78, 5) is 15.4. The molecule has 2 atom stereocenters. The highest BCUT2D eigenvalue weighted by Crippen LogP contribution is 2.24. The molecule has 1 aliphatic heterocycles. The summed E-state index contributed by atoms with van der Waals surface area (Å²) in [7, 11) is 0. The summed E-state index contributed by atoms with van der Waals surface area (Å²) in [6.45, 7) is 4.12. The zero-order valence-electron chi connectivity index (χ0n) is 11.2. The van der Waals surface area contributed by atoms with E-state index in [0.29, 0.717) is 11.6 Å². The number of hydrogen-bond acceptors (Lipinski definition) is 5. The Hall–Kier alpha value is -1.75. The zero-order chi connectivity index (χ0) is 13.2. The van der Waals surface area contributed by atoms with E-state index < -0.39 is 0 Å². The maximum atomic E-state index is 6.03. The van der Waals surface area contributed by atoms with Crippen LogP contribution in [0.1, 0.15) is 19.8 Å². The summed E-state index contributed by atoms with van der Waals surface area (Å²) in [5, 5.41) is 0. The van der Waals surface area contributed by atoms with Gasteiger partial charge in [0.25, 0.3) is 0 Å². The number of rotatable bonds is 2. The average Bonchev–Trinajstić information content (AvgIpc) is 2.47. The molecule has 0 aliphatic carbocycles. The second kappa shape index (κ2) is 5.09. The molecular weight excluding hydrogens is 238 g/mol. The van der Waals surface area contributed by atoms with Crippen molar-refractivity contribution in [1.82, 2.24) is 15.0 Å². The standard InChI is InChI=1S/C14H19N5/c1-10(15)11-3-2-8-19(9-11)13-5-4-12-14(18-13)17-7-6-16-12/h4-7,10-11H,2-3,8-9,15H2,1H3. The van der Waals surface area contributed by atoms with Crippen LogP contribution in [0.2, 0.25) is 0 Å². The van der Waals surface area contributed by atoms with E-state index in [1.54, 1.807) is 12.4 Å². The lowest BCUT2D eigenvalue weighted by molar-refractivity contribution is 0.363. The maximum absolute atomic E-state index is 6.03. The Bertz CT molecular complexity index is 569. The van der Waals surface area contributed by atoms with Crippen molar-refractivity contribution in [3.8, 4) is 0 Å². The van der Waals surface area contributed by atoms with Crippen molar-refractivity contribution >= 4 is 17.0 Å². The first-order valence-electron chi connectivity index (χ1n) is 6.82. The van der Waals surface area contributed by atoms with Crippen LogP contribution in [-0.4, -0.2) is 34.1 Å². The van der Waals surface area contributed by atoms with E-state index in [1.807, 2.05) is 12.1 Å². The highest BCUT2D eigenvalue weighted by atomic mass is 15.2. The Morgan fingerprint density at radius 1 is 1.32 bits per heavy atom. The van der Waals surface area contributed by atoms with Crippen molar-refractivity contribution in [1.29, 1.82) is 0 Å². The number of pyridine rings is 1. The van der Waals surface area contributed by atoms with Crippen LogP contribution in [0.4, 0.5) is 5.82 Å². The van der Waals surface area contributed by atoms with E-state index >= 15 is 0 Å². The molecule has 0 aromatic carbocycles. The van der Waals surface area contributed by atoms with Crippen LogP contribution in [0.5, 0.6) is 0 Å². The van der Waals surface area contributed by atoms with Gasteiger partial charge in [0, 0.05) is 31.5 Å². The quantitative estimate of drug-likeness (QED) is 0.884. The third kappa shape index (κ3) is 2.51. The minimum absolute atomic E-state index is 0.239. The minimum atomic E-state index is 0.239. The smallest absolute Gasteiger partial charge is 0.180 e. The number of piperidine rings is 1. The Labute approximate surface area is 112 Å². The van der Waals surface area contributed by atoms with E-state index in [9.17, 15) is 0 Å². The number of nitrogens with two attached hydrogens (primary N) is 1. The molecule has 1 aliphatic rings. The fourth-order valence-corrected chi connectivity index (χ4v) is 2.67. The molecule has 1 fully saturated rings. The van der Waals surface area contributed by atoms with Gasteiger partial charge in [0.15, 0.2) is 5.65 Å². The van der Waals surface area contributed by atoms with E-state index in [-0.39, 0.29) is 6.04 Å². The van der Waals surface area contributed by atoms with Crippen molar-refractivity contribution in [2.24, 2.45) is 11.7 Å². The first-order valence-corrected chi connectivity index (χ1v) is 6.82. The fourth-order valence-electron chi connectivity index (χ4n) is 2.67. The topological polar surface area (TPSA) is 67.9 Å². The highest BCUT2D eigenvalue weighted by Gasteiger charge is 2.23. The molecule has 19 heavy (non-hydrogen) atoms. The summed E-state index contributed by atoms with van der Waals surface area (Å²) in [5.74, 6) is 1.53. The lowest BCUT2D eigenvalue weighted by atomic mass is 9.92. The van der Waals surface area contributed by atoms with Crippen molar-refractivity contribution in [2.45, 2.75) is 25.8 Å². The normalized spacial score (nSPS) is 21.6. The van der Waals surface area contributed by atoms with Crippen LogP contribution in [0.25, 0.3) is 11.2 Å². The summed E-state index contributed by atoms with van der Waals surface area (Å²) < 4.78 is 0. The van der Waals surface area contributed by atoms with Crippen LogP contribution in [-0.2, 0) is 0 Å². The Morgan fingerprint density at radius 3 is 3.00 bits per heavy atom. The Kier molecular flexibility index (Phi) is 3.29. The maximum Gasteiger partial charge on any atom is 0.180 e. The molecular formula is C14H19N5. The summed E-state index contributed by atoms with van der Waals surface area (Å²) in [6, 6.07) is 4.25. The predicted octanol–water partition coefficient (Wildman–Crippen LogP) is 1.59. The van der Waals surface area contributed by atoms with E-state index in [4.69, 9.17) is 5.73 Å². The lowest BCUT2D eigenvalue weighted by Gasteiger charge is -2.35. The molecule has 1 saturated heterocycles. The number of fused-ring (bicyclic) bond motifs is 1. The van der Waals surface area contributed by atoms with Crippen LogP contribution in [0.3, 0.4) is 0 Å². The first-order chi connectivity index (χ1) is 9.24. The second-order valence-corrected chi connectivity index (χ2v) is 5.28. The SMILES string of the molecule is CC(N)C1CCCN(c2ccc3nccnc3n2)C1. The predicted molar refractivity (Wildman–Crippen MR) is 75.9 cm³/mol. The molecule has 0 radical (unpaired) electrons. The van der Waals surface area contributed by atoms with Crippen LogP contribution in [0, 0.1) is 5.92 Å². The molecule has 0 bridgehead atoms.